The lowest BCUT2D eigenvalue weighted by Gasteiger charge is -2.31. The van der Waals surface area contributed by atoms with Crippen LogP contribution in [0.4, 0.5) is 26.0 Å². The summed E-state index contributed by atoms with van der Waals surface area (Å²) in [5, 5.41) is 13.7. The molecule has 4 aromatic rings. The molecule has 7 nitrogen and oxygen atoms in total. The van der Waals surface area contributed by atoms with Crippen molar-refractivity contribution in [3.8, 4) is 17.1 Å². The first-order chi connectivity index (χ1) is 15.7. The average molecular weight is 449 g/mol. The van der Waals surface area contributed by atoms with Crippen LogP contribution in [0.25, 0.3) is 22.2 Å². The molecule has 1 amide bonds. The molecule has 0 spiro atoms. The first-order valence-electron chi connectivity index (χ1n) is 10.5. The molecule has 3 aromatic heterocycles. The van der Waals surface area contributed by atoms with Crippen molar-refractivity contribution in [1.29, 1.82) is 0 Å². The van der Waals surface area contributed by atoms with Gasteiger partial charge in [-0.25, -0.2) is 18.7 Å². The van der Waals surface area contributed by atoms with E-state index in [-0.39, 0.29) is 28.6 Å². The Hall–Kier alpha value is -4.01. The van der Waals surface area contributed by atoms with Crippen molar-refractivity contribution in [1.82, 2.24) is 15.0 Å². The Morgan fingerprint density at radius 3 is 2.58 bits per heavy atom. The number of carbonyl (C=O) groups excluding carboxylic acids is 1. The number of aromatic nitrogens is 3. The Bertz CT molecular complexity index is 1360. The van der Waals surface area contributed by atoms with Gasteiger partial charge in [-0.05, 0) is 50.6 Å². The molecule has 1 saturated heterocycles. The first kappa shape index (κ1) is 20.9. The molecular weight excluding hydrogens is 428 g/mol. The van der Waals surface area contributed by atoms with Crippen LogP contribution in [0.5, 0.6) is 5.88 Å². The Labute approximate surface area is 188 Å². The van der Waals surface area contributed by atoms with E-state index >= 15 is 0 Å². The fraction of sp³-hybridized carbons (Fsp3) is 0.208. The summed E-state index contributed by atoms with van der Waals surface area (Å²) in [6, 6.07) is 8.55. The molecule has 4 heterocycles. The third kappa shape index (κ3) is 3.55. The summed E-state index contributed by atoms with van der Waals surface area (Å²) in [4.78, 5) is 25.5. The van der Waals surface area contributed by atoms with Gasteiger partial charge in [0.05, 0.1) is 39.7 Å². The van der Waals surface area contributed by atoms with E-state index in [1.165, 1.54) is 18.3 Å². The summed E-state index contributed by atoms with van der Waals surface area (Å²) in [5.41, 5.74) is 0.902. The monoisotopic (exact) mass is 449 g/mol. The molecule has 0 saturated carbocycles. The maximum absolute atomic E-state index is 14.4. The smallest absolute Gasteiger partial charge is 0.227 e. The normalized spacial score (nSPS) is 15.4. The van der Waals surface area contributed by atoms with Crippen molar-refractivity contribution in [3.63, 3.8) is 0 Å². The molecule has 1 aliphatic rings. The van der Waals surface area contributed by atoms with E-state index < -0.39 is 11.6 Å². The number of aromatic amines is 1. The minimum atomic E-state index is -0.743. The topological polar surface area (TPSA) is 94.1 Å². The van der Waals surface area contributed by atoms with Gasteiger partial charge in [0.15, 0.2) is 5.88 Å². The van der Waals surface area contributed by atoms with Gasteiger partial charge in [-0.1, -0.05) is 6.07 Å². The van der Waals surface area contributed by atoms with Gasteiger partial charge in [-0.2, -0.15) is 0 Å². The summed E-state index contributed by atoms with van der Waals surface area (Å²) in [6.45, 7) is 4.02. The van der Waals surface area contributed by atoms with Crippen LogP contribution in [-0.2, 0) is 4.79 Å². The highest BCUT2D eigenvalue weighted by Gasteiger charge is 2.38. The minimum absolute atomic E-state index is 0.0483. The van der Waals surface area contributed by atoms with E-state index in [2.05, 4.69) is 20.3 Å². The number of halogens is 2. The largest absolute Gasteiger partial charge is 0.494 e. The fourth-order valence-electron chi connectivity index (χ4n) is 4.29. The number of nitrogens with one attached hydrogen (secondary N) is 2. The molecule has 9 heteroatoms. The molecule has 1 aromatic carbocycles. The van der Waals surface area contributed by atoms with Gasteiger partial charge in [0.2, 0.25) is 5.91 Å². The summed E-state index contributed by atoms with van der Waals surface area (Å²) in [6.07, 6.45) is 4.31. The highest BCUT2D eigenvalue weighted by molar-refractivity contribution is 5.99. The molecule has 0 atom stereocenters. The lowest BCUT2D eigenvalue weighted by molar-refractivity contribution is -0.117. The number of hydrogen-bond donors (Lipinski definition) is 3. The van der Waals surface area contributed by atoms with Crippen LogP contribution >= 0.6 is 0 Å². The van der Waals surface area contributed by atoms with E-state index in [9.17, 15) is 18.7 Å². The summed E-state index contributed by atoms with van der Waals surface area (Å²) in [5.74, 6) is -1.15. The zero-order chi connectivity index (χ0) is 23.3. The molecule has 0 unspecified atom stereocenters. The number of nitrogens with zero attached hydrogens (tertiary/aromatic N) is 3. The molecule has 33 heavy (non-hydrogen) atoms. The van der Waals surface area contributed by atoms with Crippen molar-refractivity contribution in [2.24, 2.45) is 0 Å². The van der Waals surface area contributed by atoms with Gasteiger partial charge in [-0.3, -0.25) is 4.79 Å². The van der Waals surface area contributed by atoms with Crippen LogP contribution in [0.2, 0.25) is 0 Å². The van der Waals surface area contributed by atoms with Crippen LogP contribution < -0.4 is 10.2 Å². The molecule has 0 aliphatic carbocycles. The van der Waals surface area contributed by atoms with E-state index in [0.717, 1.165) is 18.6 Å². The number of amides is 1. The second-order valence-electron chi connectivity index (χ2n) is 8.62. The zero-order valence-corrected chi connectivity index (χ0v) is 18.0. The SMILES string of the molecule is CC1(C)CCC(=O)N1c1ccc(Nc2cc(-c3c(F)cccc3F)nc3c[nH]c(O)c23)nc1. The van der Waals surface area contributed by atoms with Gasteiger partial charge < -0.3 is 20.3 Å². The number of fused-ring (bicyclic) bond motifs is 1. The second-order valence-corrected chi connectivity index (χ2v) is 8.62. The van der Waals surface area contributed by atoms with Crippen LogP contribution in [-0.4, -0.2) is 31.5 Å². The number of rotatable bonds is 4. The van der Waals surface area contributed by atoms with Gasteiger partial charge >= 0.3 is 0 Å². The fourth-order valence-corrected chi connectivity index (χ4v) is 4.29. The van der Waals surface area contributed by atoms with Crippen molar-refractivity contribution in [3.05, 3.63) is 60.4 Å². The van der Waals surface area contributed by atoms with Crippen molar-refractivity contribution < 1.29 is 18.7 Å². The lowest BCUT2D eigenvalue weighted by atomic mass is 10.0. The predicted octanol–water partition coefficient (Wildman–Crippen LogP) is 5.26. The van der Waals surface area contributed by atoms with E-state index in [4.69, 9.17) is 0 Å². The van der Waals surface area contributed by atoms with Crippen molar-refractivity contribution >= 4 is 34.0 Å². The molecule has 3 N–H and O–H groups in total. The van der Waals surface area contributed by atoms with Crippen molar-refractivity contribution in [2.75, 3.05) is 10.2 Å². The van der Waals surface area contributed by atoms with E-state index in [0.29, 0.717) is 34.5 Å². The van der Waals surface area contributed by atoms with Gasteiger partial charge in [0, 0.05) is 18.2 Å². The first-order valence-corrected chi connectivity index (χ1v) is 10.5. The summed E-state index contributed by atoms with van der Waals surface area (Å²) >= 11 is 0. The number of benzene rings is 1. The van der Waals surface area contributed by atoms with Gasteiger partial charge in [-0.15, -0.1) is 0 Å². The van der Waals surface area contributed by atoms with Gasteiger partial charge in [0.1, 0.15) is 17.5 Å². The van der Waals surface area contributed by atoms with Crippen LogP contribution in [0.15, 0.2) is 48.8 Å². The second kappa shape index (κ2) is 7.54. The number of anilines is 3. The summed E-state index contributed by atoms with van der Waals surface area (Å²) in [7, 11) is 0. The molecule has 0 radical (unpaired) electrons. The summed E-state index contributed by atoms with van der Waals surface area (Å²) < 4.78 is 28.8. The molecular formula is C24H21F2N5O2. The quantitative estimate of drug-likeness (QED) is 0.395. The highest BCUT2D eigenvalue weighted by Crippen LogP contribution is 2.37. The molecule has 0 bridgehead atoms. The third-order valence-corrected chi connectivity index (χ3v) is 5.92. The molecule has 5 rings (SSSR count). The zero-order valence-electron chi connectivity index (χ0n) is 18.0. The van der Waals surface area contributed by atoms with Crippen LogP contribution in [0.1, 0.15) is 26.7 Å². The maximum Gasteiger partial charge on any atom is 0.227 e. The third-order valence-electron chi connectivity index (χ3n) is 5.92. The van der Waals surface area contributed by atoms with Gasteiger partial charge in [0.25, 0.3) is 0 Å². The highest BCUT2D eigenvalue weighted by atomic mass is 19.1. The predicted molar refractivity (Wildman–Crippen MR) is 121 cm³/mol. The number of H-pyrrole nitrogens is 1. The number of pyridine rings is 2. The molecule has 1 aliphatic heterocycles. The Morgan fingerprint density at radius 2 is 1.94 bits per heavy atom. The van der Waals surface area contributed by atoms with E-state index in [1.54, 1.807) is 23.2 Å². The van der Waals surface area contributed by atoms with E-state index in [1.807, 2.05) is 13.8 Å². The molecule has 168 valence electrons. The maximum atomic E-state index is 14.4. The number of carbonyl (C=O) groups is 1. The Kier molecular flexibility index (Phi) is 4.77. The average Bonchev–Trinajstić information content (AvgIpc) is 3.27. The van der Waals surface area contributed by atoms with Crippen molar-refractivity contribution in [2.45, 2.75) is 32.2 Å². The lowest BCUT2D eigenvalue weighted by Crippen LogP contribution is -2.40. The van der Waals surface area contributed by atoms with Crippen LogP contribution in [0.3, 0.4) is 0 Å². The Morgan fingerprint density at radius 1 is 1.18 bits per heavy atom. The Balaban J connectivity index is 1.54. The molecule has 1 fully saturated rings. The standard InChI is InChI=1S/C24H21F2N5O2/c1-24(2)9-8-20(32)31(24)13-6-7-19(27-11-13)30-17-10-16(21-14(25)4-3-5-15(21)26)29-18-12-28-23(33)22(17)18/h3-7,10-12,28,33H,8-9H2,1-2H3,(H,27,30). The number of hydrogen-bond acceptors (Lipinski definition) is 5. The number of aromatic hydroxyl groups is 1. The van der Waals surface area contributed by atoms with Crippen LogP contribution in [0, 0.1) is 11.6 Å². The minimum Gasteiger partial charge on any atom is -0.494 e.